The van der Waals surface area contributed by atoms with Crippen molar-refractivity contribution in [2.45, 2.75) is 87.8 Å². The summed E-state index contributed by atoms with van der Waals surface area (Å²) in [5.41, 5.74) is 16.5. The number of nitrogens with zero attached hydrogens (tertiary/aromatic N) is 1. The van der Waals surface area contributed by atoms with Crippen LogP contribution in [0.5, 0.6) is 0 Å². The molecule has 1 heterocycles. The number of nitrogens with one attached hydrogen (secondary N) is 5. The molecule has 0 bridgehead atoms. The Morgan fingerprint density at radius 2 is 1.51 bits per heavy atom. The van der Waals surface area contributed by atoms with Gasteiger partial charge in [-0.3, -0.25) is 38.4 Å². The van der Waals surface area contributed by atoms with Gasteiger partial charge in [-0.15, -0.1) is 0 Å². The zero-order valence-corrected chi connectivity index (χ0v) is 29.0. The largest absolute Gasteiger partial charge is 0.480 e. The van der Waals surface area contributed by atoms with Gasteiger partial charge in [0.05, 0.1) is 31.7 Å². The average molecular weight is 750 g/mol. The Labute approximate surface area is 303 Å². The molecular weight excluding hydrogens is 702 g/mol. The Morgan fingerprint density at radius 1 is 0.868 bits per heavy atom. The fraction of sp³-hybridized carbons (Fsp3) is 0.531. The summed E-state index contributed by atoms with van der Waals surface area (Å²) in [4.78, 5) is 114. The van der Waals surface area contributed by atoms with Crippen molar-refractivity contribution in [2.75, 3.05) is 19.7 Å². The third-order valence-corrected chi connectivity index (χ3v) is 8.11. The van der Waals surface area contributed by atoms with E-state index < -0.39 is 115 Å². The molecule has 0 aliphatic carbocycles. The van der Waals surface area contributed by atoms with Crippen LogP contribution in [0.2, 0.25) is 0 Å². The van der Waals surface area contributed by atoms with Crippen molar-refractivity contribution in [3.63, 3.8) is 0 Å². The quantitative estimate of drug-likeness (QED) is 0.0559. The zero-order valence-electron chi connectivity index (χ0n) is 29.0. The molecule has 0 aromatic heterocycles. The molecule has 1 aromatic carbocycles. The van der Waals surface area contributed by atoms with Crippen LogP contribution in [0, 0.1) is 0 Å². The van der Waals surface area contributed by atoms with Crippen LogP contribution in [-0.2, 0) is 49.6 Å². The molecule has 7 unspecified atom stereocenters. The number of primary amides is 2. The highest BCUT2D eigenvalue weighted by Gasteiger charge is 2.40. The number of hydrogen-bond acceptors (Lipinski definition) is 12. The third kappa shape index (κ3) is 14.1. The van der Waals surface area contributed by atoms with Crippen molar-refractivity contribution in [2.24, 2.45) is 17.2 Å². The second-order valence-electron chi connectivity index (χ2n) is 12.4. The first-order valence-electron chi connectivity index (χ1n) is 16.6. The maximum absolute atomic E-state index is 14.0. The van der Waals surface area contributed by atoms with Crippen LogP contribution in [-0.4, -0.2) is 135 Å². The van der Waals surface area contributed by atoms with Gasteiger partial charge in [0.1, 0.15) is 30.2 Å². The fourth-order valence-electron chi connectivity index (χ4n) is 5.33. The molecule has 14 N–H and O–H groups in total. The summed E-state index contributed by atoms with van der Waals surface area (Å²) in [6.45, 7) is -0.406. The van der Waals surface area contributed by atoms with Crippen molar-refractivity contribution >= 4 is 53.2 Å². The first-order valence-corrected chi connectivity index (χ1v) is 16.6. The minimum Gasteiger partial charge on any atom is -0.480 e. The lowest BCUT2D eigenvalue weighted by atomic mass is 10.0. The molecule has 1 fully saturated rings. The number of carbonyl (C=O) groups is 9. The molecule has 8 amide bonds. The maximum atomic E-state index is 14.0. The number of aliphatic hydroxyl groups excluding tert-OH is 2. The maximum Gasteiger partial charge on any atom is 0.328 e. The minimum absolute atomic E-state index is 0.0459. The monoisotopic (exact) mass is 749 g/mol. The first-order chi connectivity index (χ1) is 24.9. The van der Waals surface area contributed by atoms with E-state index in [2.05, 4.69) is 21.3 Å². The van der Waals surface area contributed by atoms with E-state index in [1.54, 1.807) is 30.3 Å². The van der Waals surface area contributed by atoms with Gasteiger partial charge in [-0.2, -0.15) is 0 Å². The van der Waals surface area contributed by atoms with Gasteiger partial charge in [0, 0.05) is 19.4 Å². The lowest BCUT2D eigenvalue weighted by molar-refractivity contribution is -0.145. The summed E-state index contributed by atoms with van der Waals surface area (Å²) >= 11 is 0. The van der Waals surface area contributed by atoms with Gasteiger partial charge >= 0.3 is 5.97 Å². The molecular formula is C32H47N9O12. The number of amides is 8. The van der Waals surface area contributed by atoms with Gasteiger partial charge in [0.25, 0.3) is 0 Å². The number of likely N-dealkylation sites (tertiary alicyclic amines) is 1. The van der Waals surface area contributed by atoms with Crippen molar-refractivity contribution < 1.29 is 58.5 Å². The number of rotatable bonds is 21. The number of aliphatic carboxylic acids is 1. The number of benzene rings is 1. The third-order valence-electron chi connectivity index (χ3n) is 8.11. The normalized spacial score (nSPS) is 17.1. The number of carboxylic acids is 1. The summed E-state index contributed by atoms with van der Waals surface area (Å²) in [6.07, 6.45) is -2.19. The summed E-state index contributed by atoms with van der Waals surface area (Å²) < 4.78 is 0. The van der Waals surface area contributed by atoms with Gasteiger partial charge in [-0.05, 0) is 31.7 Å². The molecule has 1 aromatic rings. The molecule has 0 radical (unpaired) electrons. The molecule has 1 saturated heterocycles. The van der Waals surface area contributed by atoms with E-state index in [0.717, 1.165) is 0 Å². The number of nitrogens with two attached hydrogens (primary N) is 3. The molecule has 0 saturated carbocycles. The van der Waals surface area contributed by atoms with E-state index in [1.165, 1.54) is 11.8 Å². The minimum atomic E-state index is -1.70. The van der Waals surface area contributed by atoms with Crippen molar-refractivity contribution in [1.82, 2.24) is 31.5 Å². The standard InChI is InChI=1S/C32H47N9O12/c1-16(43)26(30(50)39-21(15-42)32(52)53)40-29(49)22-8-5-11-41(22)31(51)20(12-17-6-3-2-4-7-17)37-25(46)14-36-28(48)19(9-10-23(34)44)38-27(47)18(33)13-24(35)45/h2-4,6-7,16,18-22,26,42-43H,5,8-15,33H2,1H3,(H2,34,44)(H2,35,45)(H,36,48)(H,37,46)(H,38,47)(H,39,50)(H,40,49)(H,52,53). The van der Waals surface area contributed by atoms with Gasteiger partial charge in [0.15, 0.2) is 0 Å². The number of aliphatic hydroxyl groups is 2. The second kappa shape index (κ2) is 21.0. The number of carbonyl (C=O) groups excluding carboxylic acids is 8. The van der Waals surface area contributed by atoms with Crippen molar-refractivity contribution in [3.05, 3.63) is 35.9 Å². The highest BCUT2D eigenvalue weighted by molar-refractivity contribution is 5.97. The van der Waals surface area contributed by atoms with Crippen LogP contribution in [0.15, 0.2) is 30.3 Å². The summed E-state index contributed by atoms with van der Waals surface area (Å²) in [7, 11) is 0. The van der Waals surface area contributed by atoms with Crippen LogP contribution < -0.4 is 43.8 Å². The molecule has 1 aliphatic heterocycles. The highest BCUT2D eigenvalue weighted by Crippen LogP contribution is 2.20. The van der Waals surface area contributed by atoms with E-state index in [-0.39, 0.29) is 32.2 Å². The zero-order chi connectivity index (χ0) is 39.8. The highest BCUT2D eigenvalue weighted by atomic mass is 16.4. The van der Waals surface area contributed by atoms with Crippen LogP contribution in [0.4, 0.5) is 0 Å². The summed E-state index contributed by atoms with van der Waals surface area (Å²) in [6, 6.07) is -0.0423. The Bertz CT molecular complexity index is 1510. The Hall–Kier alpha value is -5.67. The van der Waals surface area contributed by atoms with E-state index in [4.69, 9.17) is 22.3 Å². The molecule has 7 atom stereocenters. The van der Waals surface area contributed by atoms with Gasteiger partial charge in [-0.1, -0.05) is 30.3 Å². The predicted octanol–water partition coefficient (Wildman–Crippen LogP) is -5.80. The average Bonchev–Trinajstić information content (AvgIpc) is 3.59. The van der Waals surface area contributed by atoms with Crippen molar-refractivity contribution in [3.8, 4) is 0 Å². The Balaban J connectivity index is 2.21. The molecule has 53 heavy (non-hydrogen) atoms. The molecule has 21 nitrogen and oxygen atoms in total. The first kappa shape index (κ1) is 43.5. The molecule has 21 heteroatoms. The molecule has 2 rings (SSSR count). The van der Waals surface area contributed by atoms with Crippen LogP contribution >= 0.6 is 0 Å². The summed E-state index contributed by atoms with van der Waals surface area (Å²) in [5, 5.41) is 40.1. The van der Waals surface area contributed by atoms with E-state index in [0.29, 0.717) is 12.0 Å². The predicted molar refractivity (Wildman–Crippen MR) is 182 cm³/mol. The fourth-order valence-corrected chi connectivity index (χ4v) is 5.33. The van der Waals surface area contributed by atoms with Crippen LogP contribution in [0.25, 0.3) is 0 Å². The molecule has 292 valence electrons. The van der Waals surface area contributed by atoms with Gasteiger partial charge < -0.3 is 64.0 Å². The van der Waals surface area contributed by atoms with E-state index in [9.17, 15) is 53.4 Å². The van der Waals surface area contributed by atoms with Gasteiger partial charge in [-0.25, -0.2) is 4.79 Å². The SMILES string of the molecule is CC(O)C(NC(=O)C1CCCN1C(=O)C(Cc1ccccc1)NC(=O)CNC(=O)C(CCC(N)=O)NC(=O)C(N)CC(N)=O)C(=O)NC(CO)C(=O)O. The van der Waals surface area contributed by atoms with Crippen LogP contribution in [0.1, 0.15) is 44.6 Å². The smallest absolute Gasteiger partial charge is 0.328 e. The number of hydrogen-bond donors (Lipinski definition) is 11. The lowest BCUT2D eigenvalue weighted by Gasteiger charge is -2.30. The molecule has 1 aliphatic rings. The van der Waals surface area contributed by atoms with E-state index >= 15 is 0 Å². The Kier molecular flexibility index (Phi) is 17.2. The Morgan fingerprint density at radius 3 is 2.08 bits per heavy atom. The summed E-state index contributed by atoms with van der Waals surface area (Å²) in [5.74, 6) is -8.51. The van der Waals surface area contributed by atoms with Gasteiger partial charge in [0.2, 0.25) is 47.3 Å². The van der Waals surface area contributed by atoms with E-state index in [1.807, 2.05) is 5.32 Å². The molecule has 0 spiro atoms. The van der Waals surface area contributed by atoms with Crippen molar-refractivity contribution in [1.29, 1.82) is 0 Å². The lowest BCUT2D eigenvalue weighted by Crippen LogP contribution is -2.60. The topological polar surface area (TPSA) is 356 Å². The van der Waals surface area contributed by atoms with Crippen LogP contribution in [0.3, 0.4) is 0 Å². The number of carboxylic acid groups (broad SMARTS) is 1. The second-order valence-corrected chi connectivity index (χ2v) is 12.4.